The van der Waals surface area contributed by atoms with Gasteiger partial charge in [-0.1, -0.05) is 25.1 Å². The lowest BCUT2D eigenvalue weighted by Gasteiger charge is -2.15. The Morgan fingerprint density at radius 1 is 1.08 bits per heavy atom. The van der Waals surface area contributed by atoms with E-state index in [-0.39, 0.29) is 5.91 Å². The molecule has 2 aromatic rings. The molecular formula is C20H23NO4. The Kier molecular flexibility index (Phi) is 6.57. The van der Waals surface area contributed by atoms with Crippen LogP contribution in [0.3, 0.4) is 0 Å². The van der Waals surface area contributed by atoms with Crippen LogP contribution >= 0.6 is 0 Å². The van der Waals surface area contributed by atoms with E-state index in [1.807, 2.05) is 24.3 Å². The van der Waals surface area contributed by atoms with E-state index in [1.54, 1.807) is 38.1 Å². The van der Waals surface area contributed by atoms with Crippen molar-refractivity contribution in [2.45, 2.75) is 33.3 Å². The zero-order chi connectivity index (χ0) is 18.2. The molecule has 1 unspecified atom stereocenters. The lowest BCUT2D eigenvalue weighted by molar-refractivity contribution is -0.122. The van der Waals surface area contributed by atoms with Crippen LogP contribution < -0.4 is 10.1 Å². The van der Waals surface area contributed by atoms with Crippen LogP contribution in [0.5, 0.6) is 5.75 Å². The molecule has 1 atom stereocenters. The molecule has 0 spiro atoms. The molecular weight excluding hydrogens is 318 g/mol. The van der Waals surface area contributed by atoms with Crippen LogP contribution in [0.25, 0.3) is 0 Å². The average molecular weight is 341 g/mol. The van der Waals surface area contributed by atoms with Crippen molar-refractivity contribution < 1.29 is 19.1 Å². The monoisotopic (exact) mass is 341 g/mol. The molecule has 5 nitrogen and oxygen atoms in total. The molecule has 0 aliphatic rings. The first-order valence-electron chi connectivity index (χ1n) is 8.37. The van der Waals surface area contributed by atoms with Crippen molar-refractivity contribution in [2.24, 2.45) is 0 Å². The maximum atomic E-state index is 12.3. The molecule has 132 valence electrons. The Morgan fingerprint density at radius 2 is 1.80 bits per heavy atom. The summed E-state index contributed by atoms with van der Waals surface area (Å²) in [4.78, 5) is 24.0. The zero-order valence-corrected chi connectivity index (χ0v) is 14.7. The Bertz CT molecular complexity index is 725. The second-order valence-corrected chi connectivity index (χ2v) is 5.55. The fourth-order valence-electron chi connectivity index (χ4n) is 2.24. The summed E-state index contributed by atoms with van der Waals surface area (Å²) in [7, 11) is 0. The fourth-order valence-corrected chi connectivity index (χ4v) is 2.24. The lowest BCUT2D eigenvalue weighted by atomic mass is 10.1. The summed E-state index contributed by atoms with van der Waals surface area (Å²) in [6, 6.07) is 14.3. The molecule has 0 aliphatic carbocycles. The number of aryl methyl sites for hydroxylation is 1. The maximum absolute atomic E-state index is 12.3. The van der Waals surface area contributed by atoms with E-state index in [1.165, 1.54) is 5.56 Å². The van der Waals surface area contributed by atoms with Crippen molar-refractivity contribution in [3.05, 3.63) is 59.7 Å². The van der Waals surface area contributed by atoms with Crippen LogP contribution in [0.4, 0.5) is 5.69 Å². The molecule has 0 aliphatic heterocycles. The van der Waals surface area contributed by atoms with Crippen LogP contribution in [0, 0.1) is 0 Å². The number of esters is 1. The highest BCUT2D eigenvalue weighted by atomic mass is 16.5. The minimum Gasteiger partial charge on any atom is -0.481 e. The quantitative estimate of drug-likeness (QED) is 0.777. The smallest absolute Gasteiger partial charge is 0.338 e. The minimum atomic E-state index is -0.705. The molecule has 0 aromatic heterocycles. The Labute approximate surface area is 148 Å². The van der Waals surface area contributed by atoms with Gasteiger partial charge in [-0.05, 0) is 56.2 Å². The highest BCUT2D eigenvalue weighted by Crippen LogP contribution is 2.17. The van der Waals surface area contributed by atoms with Gasteiger partial charge in [0.1, 0.15) is 5.75 Å². The number of nitrogens with one attached hydrogen (secondary N) is 1. The van der Waals surface area contributed by atoms with E-state index < -0.39 is 12.1 Å². The van der Waals surface area contributed by atoms with Gasteiger partial charge in [-0.2, -0.15) is 0 Å². The van der Waals surface area contributed by atoms with Gasteiger partial charge in [0.05, 0.1) is 12.2 Å². The largest absolute Gasteiger partial charge is 0.481 e. The van der Waals surface area contributed by atoms with E-state index in [2.05, 4.69) is 12.2 Å². The minimum absolute atomic E-state index is 0.259. The molecule has 0 radical (unpaired) electrons. The first-order chi connectivity index (χ1) is 12.0. The number of carbonyl (C=O) groups is 2. The third-order valence-corrected chi connectivity index (χ3v) is 3.66. The zero-order valence-electron chi connectivity index (χ0n) is 14.7. The number of carbonyl (C=O) groups excluding carboxylic acids is 2. The molecule has 0 fully saturated rings. The summed E-state index contributed by atoms with van der Waals surface area (Å²) in [5, 5.41) is 2.82. The Morgan fingerprint density at radius 3 is 2.44 bits per heavy atom. The van der Waals surface area contributed by atoms with Crippen molar-refractivity contribution in [2.75, 3.05) is 11.9 Å². The fraction of sp³-hybridized carbons (Fsp3) is 0.300. The third-order valence-electron chi connectivity index (χ3n) is 3.66. The van der Waals surface area contributed by atoms with Crippen molar-refractivity contribution in [3.8, 4) is 5.75 Å². The van der Waals surface area contributed by atoms with Crippen LogP contribution in [0.1, 0.15) is 36.7 Å². The number of amides is 1. The van der Waals surface area contributed by atoms with Gasteiger partial charge in [-0.3, -0.25) is 4.79 Å². The molecule has 0 saturated carbocycles. The summed E-state index contributed by atoms with van der Waals surface area (Å²) in [5.41, 5.74) is 2.32. The van der Waals surface area contributed by atoms with Crippen LogP contribution in [-0.2, 0) is 16.0 Å². The van der Waals surface area contributed by atoms with Gasteiger partial charge in [0, 0.05) is 5.69 Å². The van der Waals surface area contributed by atoms with Crippen LogP contribution in [-0.4, -0.2) is 24.6 Å². The van der Waals surface area contributed by atoms with E-state index in [9.17, 15) is 9.59 Å². The standard InChI is InChI=1S/C20H23NO4/c1-4-15-9-11-17(12-10-15)21-19(22)14(3)25-18-8-6-7-16(13-18)20(23)24-5-2/h6-14H,4-5H2,1-3H3,(H,21,22). The maximum Gasteiger partial charge on any atom is 0.338 e. The molecule has 1 N–H and O–H groups in total. The number of ether oxygens (including phenoxy) is 2. The average Bonchev–Trinajstić information content (AvgIpc) is 2.62. The number of benzene rings is 2. The van der Waals surface area contributed by atoms with Gasteiger partial charge < -0.3 is 14.8 Å². The van der Waals surface area contributed by atoms with Crippen molar-refractivity contribution in [1.82, 2.24) is 0 Å². The molecule has 2 aromatic carbocycles. The lowest BCUT2D eigenvalue weighted by Crippen LogP contribution is -2.30. The Balaban J connectivity index is 1.98. The van der Waals surface area contributed by atoms with Crippen molar-refractivity contribution >= 4 is 17.6 Å². The van der Waals surface area contributed by atoms with E-state index >= 15 is 0 Å². The van der Waals surface area contributed by atoms with Gasteiger partial charge in [-0.15, -0.1) is 0 Å². The van der Waals surface area contributed by atoms with Crippen LogP contribution in [0.15, 0.2) is 48.5 Å². The van der Waals surface area contributed by atoms with Gasteiger partial charge in [-0.25, -0.2) is 4.79 Å². The van der Waals surface area contributed by atoms with E-state index in [0.717, 1.165) is 12.1 Å². The molecule has 1 amide bonds. The highest BCUT2D eigenvalue weighted by Gasteiger charge is 2.16. The molecule has 0 heterocycles. The van der Waals surface area contributed by atoms with Crippen LogP contribution in [0.2, 0.25) is 0 Å². The molecule has 25 heavy (non-hydrogen) atoms. The molecule has 5 heteroatoms. The molecule has 2 rings (SSSR count). The van der Waals surface area contributed by atoms with Crippen molar-refractivity contribution in [1.29, 1.82) is 0 Å². The normalized spacial score (nSPS) is 11.5. The SMILES string of the molecule is CCOC(=O)c1cccc(OC(C)C(=O)Nc2ccc(CC)cc2)c1. The van der Waals surface area contributed by atoms with E-state index in [4.69, 9.17) is 9.47 Å². The first kappa shape index (κ1) is 18.5. The second-order valence-electron chi connectivity index (χ2n) is 5.55. The number of anilines is 1. The van der Waals surface area contributed by atoms with Crippen molar-refractivity contribution in [3.63, 3.8) is 0 Å². The second kappa shape index (κ2) is 8.87. The summed E-state index contributed by atoms with van der Waals surface area (Å²) in [6.07, 6.45) is 0.244. The summed E-state index contributed by atoms with van der Waals surface area (Å²) in [6.45, 7) is 5.79. The predicted octanol–water partition coefficient (Wildman–Crippen LogP) is 3.83. The van der Waals surface area contributed by atoms with Gasteiger partial charge in [0.2, 0.25) is 0 Å². The van der Waals surface area contributed by atoms with Gasteiger partial charge in [0.15, 0.2) is 6.10 Å². The third kappa shape index (κ3) is 5.35. The summed E-state index contributed by atoms with van der Waals surface area (Å²) in [5.74, 6) is -0.235. The first-order valence-corrected chi connectivity index (χ1v) is 8.37. The van der Waals surface area contributed by atoms with E-state index in [0.29, 0.717) is 17.9 Å². The molecule has 0 saturated heterocycles. The highest BCUT2D eigenvalue weighted by molar-refractivity contribution is 5.94. The predicted molar refractivity (Wildman–Crippen MR) is 96.9 cm³/mol. The Hall–Kier alpha value is -2.82. The molecule has 0 bridgehead atoms. The number of hydrogen-bond donors (Lipinski definition) is 1. The number of rotatable bonds is 7. The van der Waals surface area contributed by atoms with Gasteiger partial charge >= 0.3 is 5.97 Å². The van der Waals surface area contributed by atoms with Gasteiger partial charge in [0.25, 0.3) is 5.91 Å². The number of hydrogen-bond acceptors (Lipinski definition) is 4. The summed E-state index contributed by atoms with van der Waals surface area (Å²) >= 11 is 0. The topological polar surface area (TPSA) is 64.6 Å². The summed E-state index contributed by atoms with van der Waals surface area (Å²) < 4.78 is 10.6.